The first-order valence-corrected chi connectivity index (χ1v) is 8.96. The van der Waals surface area contributed by atoms with E-state index in [1.54, 1.807) is 6.07 Å². The second-order valence-corrected chi connectivity index (χ2v) is 7.64. The van der Waals surface area contributed by atoms with Crippen molar-refractivity contribution < 1.29 is 8.81 Å². The molecular formula is C15H18FNOS2. The van der Waals surface area contributed by atoms with Crippen molar-refractivity contribution in [2.24, 2.45) is 5.73 Å². The largest absolute Gasteiger partial charge is 0.459 e. The minimum absolute atomic E-state index is 0.131. The van der Waals surface area contributed by atoms with Gasteiger partial charge >= 0.3 is 0 Å². The van der Waals surface area contributed by atoms with Crippen LogP contribution in [0, 0.1) is 5.82 Å². The summed E-state index contributed by atoms with van der Waals surface area (Å²) in [5.74, 6) is 2.85. The van der Waals surface area contributed by atoms with Gasteiger partial charge in [-0.1, -0.05) is 6.92 Å². The van der Waals surface area contributed by atoms with Crippen LogP contribution in [0.25, 0.3) is 11.0 Å². The number of benzene rings is 1. The highest BCUT2D eigenvalue weighted by Gasteiger charge is 2.32. The molecule has 0 saturated carbocycles. The van der Waals surface area contributed by atoms with Gasteiger partial charge in [-0.15, -0.1) is 0 Å². The fourth-order valence-electron chi connectivity index (χ4n) is 2.63. The van der Waals surface area contributed by atoms with Gasteiger partial charge in [0.1, 0.15) is 17.2 Å². The molecule has 2 aromatic rings. The van der Waals surface area contributed by atoms with Crippen LogP contribution in [0.15, 0.2) is 28.7 Å². The maximum Gasteiger partial charge on any atom is 0.134 e. The predicted molar refractivity (Wildman–Crippen MR) is 85.9 cm³/mol. The molecule has 3 atom stereocenters. The van der Waals surface area contributed by atoms with Crippen molar-refractivity contribution in [2.75, 3.05) is 11.5 Å². The topological polar surface area (TPSA) is 39.2 Å². The molecule has 0 aliphatic carbocycles. The number of hydrogen-bond acceptors (Lipinski definition) is 4. The first-order chi connectivity index (χ1) is 9.69. The molecule has 0 amide bonds. The van der Waals surface area contributed by atoms with Gasteiger partial charge in [0.15, 0.2) is 0 Å². The van der Waals surface area contributed by atoms with Crippen LogP contribution in [0.3, 0.4) is 0 Å². The van der Waals surface area contributed by atoms with E-state index in [1.807, 2.05) is 29.6 Å². The van der Waals surface area contributed by atoms with E-state index in [-0.39, 0.29) is 11.9 Å². The zero-order valence-electron chi connectivity index (χ0n) is 11.3. The Kier molecular flexibility index (Phi) is 4.29. The summed E-state index contributed by atoms with van der Waals surface area (Å²) in [4.78, 5) is 0. The lowest BCUT2D eigenvalue weighted by atomic mass is 10.1. The summed E-state index contributed by atoms with van der Waals surface area (Å²) >= 11 is 3.93. The van der Waals surface area contributed by atoms with Gasteiger partial charge in [-0.25, -0.2) is 4.39 Å². The molecule has 0 spiro atoms. The lowest BCUT2D eigenvalue weighted by Crippen LogP contribution is -2.35. The maximum absolute atomic E-state index is 13.2. The molecule has 0 bridgehead atoms. The summed E-state index contributed by atoms with van der Waals surface area (Å²) < 4.78 is 19.1. The van der Waals surface area contributed by atoms with Gasteiger partial charge in [0.2, 0.25) is 0 Å². The quantitative estimate of drug-likeness (QED) is 0.922. The Morgan fingerprint density at radius 3 is 2.95 bits per heavy atom. The van der Waals surface area contributed by atoms with E-state index < -0.39 is 0 Å². The first-order valence-electron chi connectivity index (χ1n) is 6.87. The monoisotopic (exact) mass is 311 g/mol. The molecule has 0 radical (unpaired) electrons. The van der Waals surface area contributed by atoms with Gasteiger partial charge in [-0.3, -0.25) is 0 Å². The predicted octanol–water partition coefficient (Wildman–Crippen LogP) is 4.20. The Hall–Kier alpha value is -0.650. The van der Waals surface area contributed by atoms with Crippen molar-refractivity contribution in [1.29, 1.82) is 0 Å². The highest BCUT2D eigenvalue weighted by molar-refractivity contribution is 8.07. The Morgan fingerprint density at radius 2 is 2.15 bits per heavy atom. The maximum atomic E-state index is 13.2. The van der Waals surface area contributed by atoms with Crippen LogP contribution < -0.4 is 5.73 Å². The van der Waals surface area contributed by atoms with Crippen molar-refractivity contribution in [1.82, 2.24) is 0 Å². The number of rotatable bonds is 3. The van der Waals surface area contributed by atoms with Crippen molar-refractivity contribution >= 4 is 34.5 Å². The van der Waals surface area contributed by atoms with E-state index in [0.717, 1.165) is 23.3 Å². The van der Waals surface area contributed by atoms with Crippen molar-refractivity contribution in [3.05, 3.63) is 35.8 Å². The molecule has 1 aromatic carbocycles. The third-order valence-corrected chi connectivity index (χ3v) is 7.05. The summed E-state index contributed by atoms with van der Waals surface area (Å²) in [5, 5.41) is 1.72. The molecule has 2 nitrogen and oxygen atoms in total. The average molecular weight is 311 g/mol. The molecule has 1 aliphatic heterocycles. The molecule has 1 saturated heterocycles. The standard InChI is InChI=1S/C15H18FNOS2/c1-2-13-15(20-6-5-19-13)14(17)12-8-9-7-10(16)3-4-11(9)18-12/h3-4,7-8,13-15H,2,5-6,17H2,1H3. The van der Waals surface area contributed by atoms with Crippen LogP contribution in [0.2, 0.25) is 0 Å². The minimum atomic E-state index is -0.243. The Balaban J connectivity index is 1.89. The number of thioether (sulfide) groups is 2. The summed E-state index contributed by atoms with van der Waals surface area (Å²) in [6.07, 6.45) is 1.12. The van der Waals surface area contributed by atoms with E-state index in [2.05, 4.69) is 6.92 Å². The molecule has 1 aliphatic rings. The van der Waals surface area contributed by atoms with Crippen molar-refractivity contribution in [3.8, 4) is 0 Å². The Morgan fingerprint density at radius 1 is 1.35 bits per heavy atom. The van der Waals surface area contributed by atoms with Crippen LogP contribution in [0.4, 0.5) is 4.39 Å². The number of furan rings is 1. The molecule has 3 unspecified atom stereocenters. The van der Waals surface area contributed by atoms with Crippen LogP contribution in [-0.4, -0.2) is 22.0 Å². The van der Waals surface area contributed by atoms with Gasteiger partial charge in [-0.05, 0) is 30.7 Å². The van der Waals surface area contributed by atoms with Gasteiger partial charge in [0.05, 0.1) is 6.04 Å². The second kappa shape index (κ2) is 6.00. The van der Waals surface area contributed by atoms with Gasteiger partial charge in [0.25, 0.3) is 0 Å². The van der Waals surface area contributed by atoms with E-state index in [4.69, 9.17) is 10.2 Å². The summed E-state index contributed by atoms with van der Waals surface area (Å²) in [5.41, 5.74) is 7.12. The minimum Gasteiger partial charge on any atom is -0.459 e. The molecule has 108 valence electrons. The van der Waals surface area contributed by atoms with Crippen LogP contribution in [0.5, 0.6) is 0 Å². The number of fused-ring (bicyclic) bond motifs is 1. The average Bonchev–Trinajstić information content (AvgIpc) is 2.89. The van der Waals surface area contributed by atoms with Crippen molar-refractivity contribution in [3.63, 3.8) is 0 Å². The fraction of sp³-hybridized carbons (Fsp3) is 0.467. The molecule has 5 heteroatoms. The lowest BCUT2D eigenvalue weighted by molar-refractivity contribution is 0.478. The fourth-order valence-corrected chi connectivity index (χ4v) is 5.79. The summed E-state index contributed by atoms with van der Waals surface area (Å²) in [6.45, 7) is 2.21. The molecule has 3 rings (SSSR count). The Bertz CT molecular complexity index is 601. The Labute approximate surface area is 126 Å². The summed E-state index contributed by atoms with van der Waals surface area (Å²) in [7, 11) is 0. The van der Waals surface area contributed by atoms with Crippen LogP contribution in [0.1, 0.15) is 25.1 Å². The molecular weight excluding hydrogens is 293 g/mol. The SMILES string of the molecule is CCC1SCCSC1C(N)c1cc2cc(F)ccc2o1. The zero-order chi connectivity index (χ0) is 14.1. The smallest absolute Gasteiger partial charge is 0.134 e. The van der Waals surface area contributed by atoms with Gasteiger partial charge in [0, 0.05) is 27.4 Å². The normalized spacial score (nSPS) is 24.9. The third-order valence-electron chi connectivity index (χ3n) is 3.67. The first kappa shape index (κ1) is 14.3. The van der Waals surface area contributed by atoms with Crippen LogP contribution in [-0.2, 0) is 0 Å². The number of halogens is 1. The van der Waals surface area contributed by atoms with Gasteiger partial charge in [-0.2, -0.15) is 23.5 Å². The molecule has 1 fully saturated rings. The highest BCUT2D eigenvalue weighted by atomic mass is 32.2. The lowest BCUT2D eigenvalue weighted by Gasteiger charge is -2.33. The summed E-state index contributed by atoms with van der Waals surface area (Å²) in [6, 6.07) is 6.33. The van der Waals surface area contributed by atoms with Crippen molar-refractivity contribution in [2.45, 2.75) is 29.9 Å². The van der Waals surface area contributed by atoms with E-state index in [9.17, 15) is 4.39 Å². The molecule has 2 N–H and O–H groups in total. The molecule has 1 aromatic heterocycles. The molecule has 2 heterocycles. The number of hydrogen-bond donors (Lipinski definition) is 1. The van der Waals surface area contributed by atoms with Crippen LogP contribution >= 0.6 is 23.5 Å². The third kappa shape index (κ3) is 2.71. The van der Waals surface area contributed by atoms with Gasteiger partial charge < -0.3 is 10.2 Å². The number of nitrogens with two attached hydrogens (primary N) is 1. The van der Waals surface area contributed by atoms with E-state index >= 15 is 0 Å². The van der Waals surface area contributed by atoms with E-state index in [1.165, 1.54) is 17.9 Å². The van der Waals surface area contributed by atoms with E-state index in [0.29, 0.717) is 16.1 Å². The second-order valence-electron chi connectivity index (χ2n) is 5.01. The zero-order valence-corrected chi connectivity index (χ0v) is 13.0. The highest BCUT2D eigenvalue weighted by Crippen LogP contribution is 2.40. The molecule has 20 heavy (non-hydrogen) atoms.